The molecule has 0 fully saturated rings. The van der Waals surface area contributed by atoms with Crippen molar-refractivity contribution in [3.63, 3.8) is 0 Å². The van der Waals surface area contributed by atoms with Gasteiger partial charge in [-0.1, -0.05) is 15.9 Å². The number of hydrogen-bond acceptors (Lipinski definition) is 3. The predicted molar refractivity (Wildman–Crippen MR) is 41.2 cm³/mol. The number of methoxy groups -OCH3 is 2. The average Bonchev–Trinajstić information content (AvgIpc) is 1.98. The Morgan fingerprint density at radius 3 is 2.60 bits per heavy atom. The van der Waals surface area contributed by atoms with Crippen LogP contribution in [-0.4, -0.2) is 31.6 Å². The summed E-state index contributed by atoms with van der Waals surface area (Å²) in [6.07, 6.45) is 0.642. The molecular weight excluding hydrogens is 200 g/mol. The van der Waals surface area contributed by atoms with Gasteiger partial charge in [-0.2, -0.15) is 0 Å². The van der Waals surface area contributed by atoms with Gasteiger partial charge in [-0.25, -0.2) is 0 Å². The van der Waals surface area contributed by atoms with E-state index in [-0.39, 0.29) is 10.8 Å². The Bertz CT molecular complexity index is 105. The van der Waals surface area contributed by atoms with Crippen LogP contribution >= 0.6 is 15.9 Å². The van der Waals surface area contributed by atoms with Crippen molar-refractivity contribution in [1.82, 2.24) is 0 Å². The number of halogens is 1. The van der Waals surface area contributed by atoms with Gasteiger partial charge in [0.05, 0.1) is 7.11 Å². The zero-order chi connectivity index (χ0) is 7.98. The summed E-state index contributed by atoms with van der Waals surface area (Å²) < 4.78 is 9.24. The van der Waals surface area contributed by atoms with Gasteiger partial charge in [0, 0.05) is 13.7 Å². The fraction of sp³-hybridized carbons (Fsp3) is 0.833. The molecule has 0 aliphatic heterocycles. The van der Waals surface area contributed by atoms with Gasteiger partial charge >= 0.3 is 5.97 Å². The smallest absolute Gasteiger partial charge is 0.319 e. The van der Waals surface area contributed by atoms with Crippen LogP contribution in [0.25, 0.3) is 0 Å². The molecule has 0 heterocycles. The SMILES string of the molecule is COCCC(Br)C(=O)OC. The molecular formula is C6H11BrO3. The molecule has 0 aromatic rings. The first-order valence-electron chi connectivity index (χ1n) is 2.93. The third kappa shape index (κ3) is 3.85. The molecule has 0 amide bonds. The molecule has 4 heteroatoms. The van der Waals surface area contributed by atoms with Crippen molar-refractivity contribution in [2.24, 2.45) is 0 Å². The molecule has 0 radical (unpaired) electrons. The number of carbonyl (C=O) groups is 1. The van der Waals surface area contributed by atoms with E-state index in [0.717, 1.165) is 0 Å². The lowest BCUT2D eigenvalue weighted by molar-refractivity contribution is -0.140. The second kappa shape index (κ2) is 5.68. The first-order chi connectivity index (χ1) is 4.72. The lowest BCUT2D eigenvalue weighted by Gasteiger charge is -2.04. The Kier molecular flexibility index (Phi) is 5.63. The van der Waals surface area contributed by atoms with Gasteiger partial charge in [-0.05, 0) is 6.42 Å². The van der Waals surface area contributed by atoms with Crippen LogP contribution in [0.4, 0.5) is 0 Å². The fourth-order valence-corrected chi connectivity index (χ4v) is 0.841. The zero-order valence-corrected chi connectivity index (χ0v) is 7.68. The Morgan fingerprint density at radius 1 is 1.60 bits per heavy atom. The highest BCUT2D eigenvalue weighted by Crippen LogP contribution is 2.06. The Balaban J connectivity index is 3.41. The third-order valence-corrected chi connectivity index (χ3v) is 1.86. The molecule has 3 nitrogen and oxygen atoms in total. The van der Waals surface area contributed by atoms with Gasteiger partial charge in [-0.15, -0.1) is 0 Å². The third-order valence-electron chi connectivity index (χ3n) is 1.03. The van der Waals surface area contributed by atoms with Crippen molar-refractivity contribution in [2.75, 3.05) is 20.8 Å². The van der Waals surface area contributed by atoms with E-state index < -0.39 is 0 Å². The van der Waals surface area contributed by atoms with Crippen LogP contribution in [0.5, 0.6) is 0 Å². The topological polar surface area (TPSA) is 35.5 Å². The van der Waals surface area contributed by atoms with Crippen LogP contribution in [0.3, 0.4) is 0 Å². The number of alkyl halides is 1. The number of ether oxygens (including phenoxy) is 2. The monoisotopic (exact) mass is 210 g/mol. The van der Waals surface area contributed by atoms with Crippen LogP contribution in [0.1, 0.15) is 6.42 Å². The molecule has 60 valence electrons. The first kappa shape index (κ1) is 9.91. The first-order valence-corrected chi connectivity index (χ1v) is 3.84. The maximum atomic E-state index is 10.7. The Hall–Kier alpha value is -0.0900. The van der Waals surface area contributed by atoms with E-state index >= 15 is 0 Å². The van der Waals surface area contributed by atoms with E-state index in [9.17, 15) is 4.79 Å². The van der Waals surface area contributed by atoms with Crippen molar-refractivity contribution in [2.45, 2.75) is 11.2 Å². The minimum atomic E-state index is -0.253. The molecule has 0 aliphatic rings. The van der Waals surface area contributed by atoms with Gasteiger partial charge < -0.3 is 9.47 Å². The van der Waals surface area contributed by atoms with Crippen molar-refractivity contribution >= 4 is 21.9 Å². The van der Waals surface area contributed by atoms with E-state index in [0.29, 0.717) is 13.0 Å². The summed E-state index contributed by atoms with van der Waals surface area (Å²) in [5.41, 5.74) is 0. The maximum absolute atomic E-state index is 10.7. The van der Waals surface area contributed by atoms with Crippen LogP contribution < -0.4 is 0 Å². The van der Waals surface area contributed by atoms with Crippen molar-refractivity contribution < 1.29 is 14.3 Å². The highest BCUT2D eigenvalue weighted by atomic mass is 79.9. The normalized spacial score (nSPS) is 12.7. The summed E-state index contributed by atoms with van der Waals surface area (Å²) in [4.78, 5) is 10.5. The highest BCUT2D eigenvalue weighted by molar-refractivity contribution is 9.10. The number of hydrogen-bond donors (Lipinski definition) is 0. The van der Waals surface area contributed by atoms with Gasteiger partial charge in [-0.3, -0.25) is 4.79 Å². The van der Waals surface area contributed by atoms with Crippen LogP contribution in [0.2, 0.25) is 0 Å². The molecule has 0 aromatic heterocycles. The van der Waals surface area contributed by atoms with Gasteiger partial charge in [0.15, 0.2) is 0 Å². The minimum Gasteiger partial charge on any atom is -0.468 e. The van der Waals surface area contributed by atoms with Crippen molar-refractivity contribution in [3.05, 3.63) is 0 Å². The molecule has 10 heavy (non-hydrogen) atoms. The summed E-state index contributed by atoms with van der Waals surface area (Å²) in [5.74, 6) is -0.253. The van der Waals surface area contributed by atoms with E-state index in [4.69, 9.17) is 4.74 Å². The molecule has 0 aliphatic carbocycles. The Labute approximate surface area is 68.8 Å². The Morgan fingerprint density at radius 2 is 2.20 bits per heavy atom. The summed E-state index contributed by atoms with van der Waals surface area (Å²) in [7, 11) is 2.96. The molecule has 0 saturated heterocycles. The average molecular weight is 211 g/mol. The number of carbonyl (C=O) groups excluding carboxylic acids is 1. The second-order valence-electron chi connectivity index (χ2n) is 1.77. The molecule has 0 N–H and O–H groups in total. The van der Waals surface area contributed by atoms with Crippen LogP contribution in [-0.2, 0) is 14.3 Å². The molecule has 0 bridgehead atoms. The van der Waals surface area contributed by atoms with Crippen LogP contribution in [0, 0.1) is 0 Å². The summed E-state index contributed by atoms with van der Waals surface area (Å²) in [6.45, 7) is 0.561. The standard InChI is InChI=1S/C6H11BrO3/c1-9-4-3-5(7)6(8)10-2/h5H,3-4H2,1-2H3. The van der Waals surface area contributed by atoms with Crippen LogP contribution in [0.15, 0.2) is 0 Å². The summed E-state index contributed by atoms with van der Waals surface area (Å²) >= 11 is 3.15. The zero-order valence-electron chi connectivity index (χ0n) is 6.09. The predicted octanol–water partition coefficient (Wildman–Crippen LogP) is 0.959. The van der Waals surface area contributed by atoms with E-state index in [1.807, 2.05) is 0 Å². The summed E-state index contributed by atoms with van der Waals surface area (Å²) in [5, 5.41) is 0. The van der Waals surface area contributed by atoms with Crippen molar-refractivity contribution in [3.8, 4) is 0 Å². The lowest BCUT2D eigenvalue weighted by Crippen LogP contribution is -2.17. The summed E-state index contributed by atoms with van der Waals surface area (Å²) in [6, 6.07) is 0. The van der Waals surface area contributed by atoms with Gasteiger partial charge in [0.1, 0.15) is 4.83 Å². The highest BCUT2D eigenvalue weighted by Gasteiger charge is 2.13. The largest absolute Gasteiger partial charge is 0.468 e. The van der Waals surface area contributed by atoms with Gasteiger partial charge in [0.25, 0.3) is 0 Å². The molecule has 0 aromatic carbocycles. The molecule has 1 atom stereocenters. The van der Waals surface area contributed by atoms with E-state index in [1.54, 1.807) is 7.11 Å². The minimum absolute atomic E-state index is 0.238. The molecule has 0 saturated carbocycles. The van der Waals surface area contributed by atoms with E-state index in [1.165, 1.54) is 7.11 Å². The molecule has 0 rings (SSSR count). The lowest BCUT2D eigenvalue weighted by atomic mass is 10.3. The van der Waals surface area contributed by atoms with Gasteiger partial charge in [0.2, 0.25) is 0 Å². The number of rotatable bonds is 4. The second-order valence-corrected chi connectivity index (χ2v) is 2.88. The maximum Gasteiger partial charge on any atom is 0.319 e. The quantitative estimate of drug-likeness (QED) is 0.513. The fourth-order valence-electron chi connectivity index (χ4n) is 0.467. The van der Waals surface area contributed by atoms with E-state index in [2.05, 4.69) is 20.7 Å². The number of esters is 1. The van der Waals surface area contributed by atoms with Crippen molar-refractivity contribution in [1.29, 1.82) is 0 Å². The molecule has 1 unspecified atom stereocenters. The molecule has 0 spiro atoms.